The van der Waals surface area contributed by atoms with Gasteiger partial charge in [-0.15, -0.1) is 0 Å². The Morgan fingerprint density at radius 1 is 1.08 bits per heavy atom. The summed E-state index contributed by atoms with van der Waals surface area (Å²) in [6.07, 6.45) is 2.67. The highest BCUT2D eigenvalue weighted by atomic mass is 32.2. The summed E-state index contributed by atoms with van der Waals surface area (Å²) in [5, 5.41) is 3.69. The molecule has 0 unspecified atom stereocenters. The first kappa shape index (κ1) is 18.1. The van der Waals surface area contributed by atoms with Crippen molar-refractivity contribution < 1.29 is 4.79 Å². The summed E-state index contributed by atoms with van der Waals surface area (Å²) in [4.78, 5) is 25.4. The number of carbonyl (C=O) groups is 1. The smallest absolute Gasteiger partial charge is 0.234 e. The molecule has 26 heavy (non-hydrogen) atoms. The van der Waals surface area contributed by atoms with E-state index in [1.54, 1.807) is 6.20 Å². The zero-order chi connectivity index (χ0) is 18.4. The Kier molecular flexibility index (Phi) is 5.96. The Hall–Kier alpha value is -2.73. The maximum Gasteiger partial charge on any atom is 0.234 e. The molecule has 0 saturated carbocycles. The lowest BCUT2D eigenvalue weighted by atomic mass is 10.1. The van der Waals surface area contributed by atoms with Crippen LogP contribution in [-0.4, -0.2) is 26.6 Å². The molecule has 5 nitrogen and oxygen atoms in total. The molecule has 0 fully saturated rings. The fraction of sp³-hybridized carbons (Fsp3) is 0.200. The van der Waals surface area contributed by atoms with Crippen LogP contribution >= 0.6 is 11.8 Å². The summed E-state index contributed by atoms with van der Waals surface area (Å²) in [6, 6.07) is 15.5. The first-order valence-electron chi connectivity index (χ1n) is 8.42. The molecule has 0 bridgehead atoms. The number of anilines is 1. The minimum absolute atomic E-state index is 0.0566. The Morgan fingerprint density at radius 2 is 1.96 bits per heavy atom. The molecule has 132 valence electrons. The largest absolute Gasteiger partial charge is 0.325 e. The summed E-state index contributed by atoms with van der Waals surface area (Å²) in [5.74, 6) is 0.889. The van der Waals surface area contributed by atoms with Gasteiger partial charge in [-0.1, -0.05) is 36.9 Å². The molecular formula is C20H20N4OS. The highest BCUT2D eigenvalue weighted by Gasteiger charge is 2.09. The van der Waals surface area contributed by atoms with Gasteiger partial charge in [-0.05, 0) is 49.2 Å². The number of aryl methyl sites for hydroxylation is 2. The van der Waals surface area contributed by atoms with E-state index in [1.165, 1.54) is 17.3 Å². The molecule has 0 aliphatic carbocycles. The average molecular weight is 364 g/mol. The standard InChI is InChI=1S/C20H20N4OS/c1-3-15-7-6-8-16(11-15)24-19(25)13-26-20-12-18(22-14(2)23-20)17-9-4-5-10-21-17/h4-12H,3,13H2,1-2H3,(H,24,25). The predicted octanol–water partition coefficient (Wildman–Crippen LogP) is 4.14. The maximum atomic E-state index is 12.2. The van der Waals surface area contributed by atoms with E-state index >= 15 is 0 Å². The number of amides is 1. The number of carbonyl (C=O) groups excluding carboxylic acids is 1. The van der Waals surface area contributed by atoms with Crippen LogP contribution in [0, 0.1) is 6.92 Å². The molecule has 0 saturated heterocycles. The highest BCUT2D eigenvalue weighted by molar-refractivity contribution is 7.99. The molecule has 1 aromatic carbocycles. The molecular weight excluding hydrogens is 344 g/mol. The Bertz CT molecular complexity index is 899. The van der Waals surface area contributed by atoms with Crippen molar-refractivity contribution in [2.75, 3.05) is 11.1 Å². The topological polar surface area (TPSA) is 67.8 Å². The van der Waals surface area contributed by atoms with Gasteiger partial charge in [0.05, 0.1) is 17.1 Å². The fourth-order valence-corrected chi connectivity index (χ4v) is 3.21. The maximum absolute atomic E-state index is 12.2. The number of hydrogen-bond donors (Lipinski definition) is 1. The molecule has 0 radical (unpaired) electrons. The van der Waals surface area contributed by atoms with Crippen LogP contribution in [0.5, 0.6) is 0 Å². The molecule has 2 heterocycles. The Balaban J connectivity index is 1.65. The lowest BCUT2D eigenvalue weighted by molar-refractivity contribution is -0.113. The third-order valence-electron chi connectivity index (χ3n) is 3.71. The van der Waals surface area contributed by atoms with Crippen LogP contribution < -0.4 is 5.32 Å². The molecule has 3 rings (SSSR count). The van der Waals surface area contributed by atoms with Crippen LogP contribution in [-0.2, 0) is 11.2 Å². The lowest BCUT2D eigenvalue weighted by Gasteiger charge is -2.08. The molecule has 0 atom stereocenters. The van der Waals surface area contributed by atoms with Gasteiger partial charge in [0.15, 0.2) is 0 Å². The minimum atomic E-state index is -0.0566. The molecule has 3 aromatic rings. The number of pyridine rings is 1. The van der Waals surface area contributed by atoms with Gasteiger partial charge >= 0.3 is 0 Å². The summed E-state index contributed by atoms with van der Waals surface area (Å²) >= 11 is 1.39. The van der Waals surface area contributed by atoms with E-state index in [-0.39, 0.29) is 11.7 Å². The van der Waals surface area contributed by atoms with Crippen LogP contribution in [0.2, 0.25) is 0 Å². The number of nitrogens with zero attached hydrogens (tertiary/aromatic N) is 3. The van der Waals surface area contributed by atoms with Crippen LogP contribution in [0.15, 0.2) is 59.8 Å². The molecule has 2 aromatic heterocycles. The minimum Gasteiger partial charge on any atom is -0.325 e. The summed E-state index contributed by atoms with van der Waals surface area (Å²) in [6.45, 7) is 3.93. The number of hydrogen-bond acceptors (Lipinski definition) is 5. The second-order valence-electron chi connectivity index (χ2n) is 5.74. The van der Waals surface area contributed by atoms with Crippen molar-refractivity contribution in [3.05, 3.63) is 66.1 Å². The Labute approximate surface area is 157 Å². The van der Waals surface area contributed by atoms with E-state index in [1.807, 2.05) is 55.5 Å². The Morgan fingerprint density at radius 3 is 2.73 bits per heavy atom. The SMILES string of the molecule is CCc1cccc(NC(=O)CSc2cc(-c3ccccn3)nc(C)n2)c1. The first-order chi connectivity index (χ1) is 12.6. The number of aromatic nitrogens is 3. The van der Waals surface area contributed by atoms with Crippen molar-refractivity contribution in [3.8, 4) is 11.4 Å². The van der Waals surface area contributed by atoms with E-state index < -0.39 is 0 Å². The third kappa shape index (κ3) is 4.89. The average Bonchev–Trinajstić information content (AvgIpc) is 2.67. The fourth-order valence-electron chi connectivity index (χ4n) is 2.47. The quantitative estimate of drug-likeness (QED) is 0.526. The van der Waals surface area contributed by atoms with Crippen molar-refractivity contribution in [2.24, 2.45) is 0 Å². The van der Waals surface area contributed by atoms with Gasteiger partial charge in [0.25, 0.3) is 0 Å². The van der Waals surface area contributed by atoms with E-state index in [9.17, 15) is 4.79 Å². The van der Waals surface area contributed by atoms with E-state index in [2.05, 4.69) is 27.2 Å². The van der Waals surface area contributed by atoms with Gasteiger partial charge in [0, 0.05) is 11.9 Å². The normalized spacial score (nSPS) is 10.5. The third-order valence-corrected chi connectivity index (χ3v) is 4.62. The summed E-state index contributed by atoms with van der Waals surface area (Å²) in [5.41, 5.74) is 3.57. The van der Waals surface area contributed by atoms with Gasteiger partial charge in [0.2, 0.25) is 5.91 Å². The first-order valence-corrected chi connectivity index (χ1v) is 9.41. The highest BCUT2D eigenvalue weighted by Crippen LogP contribution is 2.22. The van der Waals surface area contributed by atoms with Crippen LogP contribution in [0.4, 0.5) is 5.69 Å². The van der Waals surface area contributed by atoms with Crippen molar-refractivity contribution in [2.45, 2.75) is 25.3 Å². The second kappa shape index (κ2) is 8.58. The van der Waals surface area contributed by atoms with Crippen LogP contribution in [0.3, 0.4) is 0 Å². The van der Waals surface area contributed by atoms with Gasteiger partial charge in [-0.3, -0.25) is 9.78 Å². The van der Waals surface area contributed by atoms with E-state index in [0.29, 0.717) is 5.82 Å². The number of thioether (sulfide) groups is 1. The summed E-state index contributed by atoms with van der Waals surface area (Å²) in [7, 11) is 0. The van der Waals surface area contributed by atoms with Crippen molar-refractivity contribution >= 4 is 23.4 Å². The summed E-state index contributed by atoms with van der Waals surface area (Å²) < 4.78 is 0. The van der Waals surface area contributed by atoms with Crippen LogP contribution in [0.25, 0.3) is 11.4 Å². The van der Waals surface area contributed by atoms with Crippen LogP contribution in [0.1, 0.15) is 18.3 Å². The van der Waals surface area contributed by atoms with Gasteiger partial charge in [0.1, 0.15) is 10.9 Å². The number of rotatable bonds is 6. The molecule has 0 aliphatic heterocycles. The van der Waals surface area contributed by atoms with Gasteiger partial charge in [-0.2, -0.15) is 0 Å². The second-order valence-corrected chi connectivity index (χ2v) is 6.74. The van der Waals surface area contributed by atoms with E-state index in [0.717, 1.165) is 28.5 Å². The lowest BCUT2D eigenvalue weighted by Crippen LogP contribution is -2.14. The molecule has 1 amide bonds. The molecule has 1 N–H and O–H groups in total. The molecule has 0 spiro atoms. The van der Waals surface area contributed by atoms with Gasteiger partial charge in [-0.25, -0.2) is 9.97 Å². The predicted molar refractivity (Wildman–Crippen MR) is 105 cm³/mol. The number of nitrogens with one attached hydrogen (secondary N) is 1. The number of benzene rings is 1. The van der Waals surface area contributed by atoms with Gasteiger partial charge < -0.3 is 5.32 Å². The van der Waals surface area contributed by atoms with Crippen molar-refractivity contribution in [3.63, 3.8) is 0 Å². The molecule has 6 heteroatoms. The zero-order valence-electron chi connectivity index (χ0n) is 14.8. The van der Waals surface area contributed by atoms with Crippen molar-refractivity contribution in [1.29, 1.82) is 0 Å². The van der Waals surface area contributed by atoms with E-state index in [4.69, 9.17) is 0 Å². The molecule has 0 aliphatic rings. The zero-order valence-corrected chi connectivity index (χ0v) is 15.6. The monoisotopic (exact) mass is 364 g/mol. The van der Waals surface area contributed by atoms with Crippen molar-refractivity contribution in [1.82, 2.24) is 15.0 Å².